The Morgan fingerprint density at radius 1 is 1.19 bits per heavy atom. The Morgan fingerprint density at radius 2 is 2.00 bits per heavy atom. The molecular weight excluding hydrogens is 336 g/mol. The zero-order valence-corrected chi connectivity index (χ0v) is 14.2. The second-order valence-corrected chi connectivity index (χ2v) is 5.82. The van der Waals surface area contributed by atoms with Crippen molar-refractivity contribution < 1.29 is 14.6 Å². The van der Waals surface area contributed by atoms with Gasteiger partial charge in [-0.2, -0.15) is 9.97 Å². The Kier molecular flexibility index (Phi) is 4.13. The minimum absolute atomic E-state index is 0.0649. The van der Waals surface area contributed by atoms with Crippen molar-refractivity contribution in [2.24, 2.45) is 0 Å². The van der Waals surface area contributed by atoms with Crippen LogP contribution in [0.2, 0.25) is 0 Å². The quantitative estimate of drug-likeness (QED) is 0.715. The highest BCUT2D eigenvalue weighted by Gasteiger charge is 2.19. The van der Waals surface area contributed by atoms with E-state index >= 15 is 0 Å². The second-order valence-electron chi connectivity index (χ2n) is 5.82. The summed E-state index contributed by atoms with van der Waals surface area (Å²) >= 11 is 0. The molecule has 0 atom stereocenters. The van der Waals surface area contributed by atoms with E-state index in [0.29, 0.717) is 54.7 Å². The molecule has 9 nitrogen and oxygen atoms in total. The summed E-state index contributed by atoms with van der Waals surface area (Å²) in [4.78, 5) is 19.7. The van der Waals surface area contributed by atoms with Gasteiger partial charge in [-0.25, -0.2) is 9.97 Å². The van der Waals surface area contributed by atoms with Gasteiger partial charge in [0.15, 0.2) is 28.5 Å². The van der Waals surface area contributed by atoms with Crippen LogP contribution in [0.3, 0.4) is 0 Å². The number of nitrogens with zero attached hydrogens (tertiary/aromatic N) is 5. The zero-order valence-electron chi connectivity index (χ0n) is 14.2. The molecule has 0 saturated carbocycles. The molecule has 2 aromatic heterocycles. The number of rotatable bonds is 3. The van der Waals surface area contributed by atoms with E-state index in [-0.39, 0.29) is 11.7 Å². The molecule has 1 aliphatic heterocycles. The van der Waals surface area contributed by atoms with Gasteiger partial charge in [-0.05, 0) is 18.2 Å². The number of phenols is 1. The molecule has 0 unspecified atom stereocenters. The normalized spacial score (nSPS) is 14.6. The van der Waals surface area contributed by atoms with E-state index in [2.05, 4.69) is 19.9 Å². The molecule has 0 aliphatic carbocycles. The largest absolute Gasteiger partial charge is 0.504 e. The predicted molar refractivity (Wildman–Crippen MR) is 96.2 cm³/mol. The van der Waals surface area contributed by atoms with Crippen molar-refractivity contribution in [1.29, 1.82) is 0 Å². The second kappa shape index (κ2) is 6.60. The van der Waals surface area contributed by atoms with Crippen molar-refractivity contribution in [2.75, 3.05) is 44.0 Å². The Bertz CT molecular complexity index is 959. The van der Waals surface area contributed by atoms with E-state index in [4.69, 9.17) is 20.2 Å². The third kappa shape index (κ3) is 2.93. The van der Waals surface area contributed by atoms with Gasteiger partial charge in [0.1, 0.15) is 0 Å². The number of methoxy groups -OCH3 is 1. The molecule has 0 radical (unpaired) electrons. The van der Waals surface area contributed by atoms with Crippen LogP contribution in [-0.2, 0) is 4.74 Å². The molecule has 1 aromatic carbocycles. The van der Waals surface area contributed by atoms with Gasteiger partial charge in [0.25, 0.3) is 0 Å². The number of ether oxygens (including phenoxy) is 2. The molecular formula is C17H18N6O3. The molecule has 0 amide bonds. The Hall–Kier alpha value is -3.20. The number of anilines is 2. The fourth-order valence-corrected chi connectivity index (χ4v) is 2.88. The monoisotopic (exact) mass is 354 g/mol. The zero-order chi connectivity index (χ0) is 18.1. The van der Waals surface area contributed by atoms with E-state index < -0.39 is 0 Å². The summed E-state index contributed by atoms with van der Waals surface area (Å²) in [6, 6.07) is 5.01. The highest BCUT2D eigenvalue weighted by molar-refractivity contribution is 5.85. The first-order valence-electron chi connectivity index (χ1n) is 8.16. The minimum atomic E-state index is 0.0649. The maximum atomic E-state index is 9.79. The van der Waals surface area contributed by atoms with Crippen LogP contribution in [-0.4, -0.2) is 58.5 Å². The highest BCUT2D eigenvalue weighted by atomic mass is 16.5. The number of fused-ring (bicyclic) bond motifs is 1. The molecule has 1 aliphatic rings. The first kappa shape index (κ1) is 16.3. The van der Waals surface area contributed by atoms with Crippen LogP contribution in [0, 0.1) is 0 Å². The molecule has 0 bridgehead atoms. The third-order valence-corrected chi connectivity index (χ3v) is 4.19. The lowest BCUT2D eigenvalue weighted by Gasteiger charge is -2.28. The molecule has 1 fully saturated rings. The molecule has 3 N–H and O–H groups in total. The number of nitrogens with two attached hydrogens (primary N) is 1. The van der Waals surface area contributed by atoms with E-state index in [1.807, 2.05) is 0 Å². The van der Waals surface area contributed by atoms with E-state index in [9.17, 15) is 5.11 Å². The fraction of sp³-hybridized carbons (Fsp3) is 0.294. The van der Waals surface area contributed by atoms with Gasteiger partial charge in [0, 0.05) is 18.7 Å². The van der Waals surface area contributed by atoms with Gasteiger partial charge in [0.2, 0.25) is 5.95 Å². The molecule has 0 spiro atoms. The Balaban J connectivity index is 1.84. The summed E-state index contributed by atoms with van der Waals surface area (Å²) in [7, 11) is 1.50. The highest BCUT2D eigenvalue weighted by Crippen LogP contribution is 2.32. The summed E-state index contributed by atoms with van der Waals surface area (Å²) in [5, 5.41) is 9.79. The number of morpholine rings is 1. The number of phenolic OH excluding ortho intramolecular Hbond substituents is 1. The lowest BCUT2D eigenvalue weighted by Crippen LogP contribution is -2.37. The number of hydrogen-bond acceptors (Lipinski definition) is 9. The van der Waals surface area contributed by atoms with Crippen molar-refractivity contribution >= 4 is 22.9 Å². The van der Waals surface area contributed by atoms with Gasteiger partial charge in [-0.3, -0.25) is 0 Å². The Labute approximate surface area is 149 Å². The molecule has 134 valence electrons. The van der Waals surface area contributed by atoms with E-state index in [1.165, 1.54) is 7.11 Å². The average molecular weight is 354 g/mol. The topological polar surface area (TPSA) is 120 Å². The van der Waals surface area contributed by atoms with Gasteiger partial charge < -0.3 is 25.2 Å². The van der Waals surface area contributed by atoms with Crippen LogP contribution in [0.25, 0.3) is 22.4 Å². The van der Waals surface area contributed by atoms with Crippen molar-refractivity contribution in [1.82, 2.24) is 19.9 Å². The van der Waals surface area contributed by atoms with Crippen LogP contribution < -0.4 is 15.4 Å². The van der Waals surface area contributed by atoms with Crippen molar-refractivity contribution in [3.8, 4) is 22.8 Å². The Morgan fingerprint density at radius 3 is 2.77 bits per heavy atom. The lowest BCUT2D eigenvalue weighted by atomic mass is 10.1. The standard InChI is InChI=1S/C17H18N6O3/c1-25-13-8-10(2-3-12(13)24)11-9-19-15-14(20-11)16(22-17(18)21-15)23-4-6-26-7-5-23/h2-3,8-9,24H,4-7H2,1H3,(H2,18,19,21,22). The third-order valence-electron chi connectivity index (χ3n) is 4.19. The maximum absolute atomic E-state index is 9.79. The molecule has 3 heterocycles. The van der Waals surface area contributed by atoms with Crippen molar-refractivity contribution in [3.63, 3.8) is 0 Å². The molecule has 9 heteroatoms. The SMILES string of the molecule is COc1cc(-c2cnc3nc(N)nc(N4CCOCC4)c3n2)ccc1O. The van der Waals surface area contributed by atoms with Gasteiger partial charge >= 0.3 is 0 Å². The van der Waals surface area contributed by atoms with Crippen LogP contribution in [0.15, 0.2) is 24.4 Å². The molecule has 4 rings (SSSR count). The number of benzene rings is 1. The number of hydrogen-bond donors (Lipinski definition) is 2. The first-order valence-corrected chi connectivity index (χ1v) is 8.16. The first-order chi connectivity index (χ1) is 12.7. The summed E-state index contributed by atoms with van der Waals surface area (Å²) < 4.78 is 10.6. The van der Waals surface area contributed by atoms with Gasteiger partial charge in [-0.15, -0.1) is 0 Å². The van der Waals surface area contributed by atoms with Crippen LogP contribution in [0.1, 0.15) is 0 Å². The lowest BCUT2D eigenvalue weighted by molar-refractivity contribution is 0.122. The predicted octanol–water partition coefficient (Wildman–Crippen LogP) is 1.22. The van der Waals surface area contributed by atoms with Crippen LogP contribution >= 0.6 is 0 Å². The van der Waals surface area contributed by atoms with E-state index in [0.717, 1.165) is 5.56 Å². The summed E-state index contributed by atoms with van der Waals surface area (Å²) in [6.45, 7) is 2.64. The average Bonchev–Trinajstić information content (AvgIpc) is 2.68. The number of aromatic hydroxyl groups is 1. The van der Waals surface area contributed by atoms with Crippen LogP contribution in [0.4, 0.5) is 11.8 Å². The van der Waals surface area contributed by atoms with Crippen molar-refractivity contribution in [2.45, 2.75) is 0 Å². The fourth-order valence-electron chi connectivity index (χ4n) is 2.88. The number of aromatic nitrogens is 4. The molecule has 1 saturated heterocycles. The van der Waals surface area contributed by atoms with Gasteiger partial charge in [-0.1, -0.05) is 0 Å². The van der Waals surface area contributed by atoms with Crippen molar-refractivity contribution in [3.05, 3.63) is 24.4 Å². The smallest absolute Gasteiger partial charge is 0.224 e. The molecule has 3 aromatic rings. The van der Waals surface area contributed by atoms with E-state index in [1.54, 1.807) is 24.4 Å². The minimum Gasteiger partial charge on any atom is -0.504 e. The summed E-state index contributed by atoms with van der Waals surface area (Å²) in [6.07, 6.45) is 1.61. The van der Waals surface area contributed by atoms with Gasteiger partial charge in [0.05, 0.1) is 32.2 Å². The maximum Gasteiger partial charge on any atom is 0.224 e. The summed E-state index contributed by atoms with van der Waals surface area (Å²) in [5.74, 6) is 1.24. The molecule has 26 heavy (non-hydrogen) atoms. The summed E-state index contributed by atoms with van der Waals surface area (Å²) in [5.41, 5.74) is 8.24. The van der Waals surface area contributed by atoms with Crippen LogP contribution in [0.5, 0.6) is 11.5 Å². The number of nitrogen functional groups attached to an aromatic ring is 1.